The molecule has 0 fully saturated rings. The predicted octanol–water partition coefficient (Wildman–Crippen LogP) is 1.50. The van der Waals surface area contributed by atoms with E-state index in [0.717, 1.165) is 5.56 Å². The molecule has 0 aliphatic rings. The van der Waals surface area contributed by atoms with E-state index in [9.17, 15) is 19.8 Å². The lowest BCUT2D eigenvalue weighted by Crippen LogP contribution is -2.45. The van der Waals surface area contributed by atoms with Gasteiger partial charge in [-0.25, -0.2) is 14.6 Å². The standard InChI is InChI=1S/C17H18N2O6/c1-24-13-9-5-8-12(18-13)15(20)14(16(21)22)19-17(23)25-10-11-6-3-2-4-7-11/h2-9,14-15,20H,10H2,1H3,(H,19,23)(H,21,22)/t14-,15-/m0/s1. The van der Waals surface area contributed by atoms with Crippen LogP contribution in [0, 0.1) is 0 Å². The molecule has 0 saturated carbocycles. The maximum Gasteiger partial charge on any atom is 0.408 e. The molecule has 0 saturated heterocycles. The number of benzene rings is 1. The Morgan fingerprint density at radius 3 is 2.52 bits per heavy atom. The van der Waals surface area contributed by atoms with Crippen molar-refractivity contribution in [1.29, 1.82) is 0 Å². The summed E-state index contributed by atoms with van der Waals surface area (Å²) in [6.07, 6.45) is -2.53. The van der Waals surface area contributed by atoms with Gasteiger partial charge in [-0.15, -0.1) is 0 Å². The number of carbonyl (C=O) groups is 2. The van der Waals surface area contributed by atoms with E-state index >= 15 is 0 Å². The fourth-order valence-electron chi connectivity index (χ4n) is 2.05. The molecule has 2 atom stereocenters. The summed E-state index contributed by atoms with van der Waals surface area (Å²) in [6, 6.07) is 11.8. The molecule has 1 heterocycles. The van der Waals surface area contributed by atoms with Crippen molar-refractivity contribution in [2.45, 2.75) is 18.8 Å². The van der Waals surface area contributed by atoms with Gasteiger partial charge in [-0.1, -0.05) is 36.4 Å². The molecular formula is C17H18N2O6. The van der Waals surface area contributed by atoms with Crippen molar-refractivity contribution in [2.75, 3.05) is 7.11 Å². The van der Waals surface area contributed by atoms with Crippen LogP contribution in [0.25, 0.3) is 0 Å². The highest BCUT2D eigenvalue weighted by Gasteiger charge is 2.31. The number of aliphatic carboxylic acids is 1. The number of hydrogen-bond donors (Lipinski definition) is 3. The van der Waals surface area contributed by atoms with Gasteiger partial charge in [0.25, 0.3) is 0 Å². The Morgan fingerprint density at radius 2 is 1.88 bits per heavy atom. The van der Waals surface area contributed by atoms with Crippen LogP contribution in [-0.4, -0.2) is 40.4 Å². The number of alkyl carbamates (subject to hydrolysis) is 1. The van der Waals surface area contributed by atoms with Crippen LogP contribution in [0.5, 0.6) is 5.88 Å². The number of nitrogens with one attached hydrogen (secondary N) is 1. The van der Waals surface area contributed by atoms with Gasteiger partial charge in [0.05, 0.1) is 12.8 Å². The summed E-state index contributed by atoms with van der Waals surface area (Å²) in [4.78, 5) is 27.2. The molecule has 2 rings (SSSR count). The molecule has 0 aliphatic heterocycles. The quantitative estimate of drug-likeness (QED) is 0.695. The average molecular weight is 346 g/mol. The molecule has 3 N–H and O–H groups in total. The zero-order valence-corrected chi connectivity index (χ0v) is 13.5. The highest BCUT2D eigenvalue weighted by atomic mass is 16.5. The van der Waals surface area contributed by atoms with Gasteiger partial charge < -0.3 is 25.0 Å². The summed E-state index contributed by atoms with van der Waals surface area (Å²) in [6.45, 7) is -0.0213. The molecule has 0 bridgehead atoms. The van der Waals surface area contributed by atoms with Crippen molar-refractivity contribution in [3.05, 3.63) is 59.8 Å². The van der Waals surface area contributed by atoms with Crippen LogP contribution >= 0.6 is 0 Å². The molecule has 1 amide bonds. The van der Waals surface area contributed by atoms with Crippen LogP contribution in [0.3, 0.4) is 0 Å². The first-order valence-electron chi connectivity index (χ1n) is 7.40. The molecule has 0 unspecified atom stereocenters. The highest BCUT2D eigenvalue weighted by Crippen LogP contribution is 2.18. The van der Waals surface area contributed by atoms with Crippen LogP contribution in [0.15, 0.2) is 48.5 Å². The molecule has 0 spiro atoms. The van der Waals surface area contributed by atoms with Gasteiger partial charge in [0.2, 0.25) is 5.88 Å². The second-order valence-electron chi connectivity index (χ2n) is 5.07. The van der Waals surface area contributed by atoms with E-state index in [0.29, 0.717) is 0 Å². The number of carboxylic acid groups (broad SMARTS) is 1. The van der Waals surface area contributed by atoms with Crippen molar-refractivity contribution < 1.29 is 29.3 Å². The first-order chi connectivity index (χ1) is 12.0. The Kier molecular flexibility index (Phi) is 6.30. The fraction of sp³-hybridized carbons (Fsp3) is 0.235. The van der Waals surface area contributed by atoms with Gasteiger partial charge in [0.1, 0.15) is 12.7 Å². The molecule has 0 radical (unpaired) electrons. The normalized spacial score (nSPS) is 12.7. The van der Waals surface area contributed by atoms with Crippen molar-refractivity contribution in [1.82, 2.24) is 10.3 Å². The lowest BCUT2D eigenvalue weighted by Gasteiger charge is -2.20. The van der Waals surface area contributed by atoms with E-state index < -0.39 is 24.2 Å². The smallest absolute Gasteiger partial charge is 0.408 e. The molecular weight excluding hydrogens is 328 g/mol. The summed E-state index contributed by atoms with van der Waals surface area (Å²) in [5, 5.41) is 21.6. The molecule has 2 aromatic rings. The lowest BCUT2D eigenvalue weighted by atomic mass is 10.1. The first kappa shape index (κ1) is 18.2. The maximum atomic E-state index is 11.8. The Bertz CT molecular complexity index is 722. The third-order valence-electron chi connectivity index (χ3n) is 3.33. The van der Waals surface area contributed by atoms with E-state index in [4.69, 9.17) is 9.47 Å². The number of ether oxygens (including phenoxy) is 2. The molecule has 132 valence electrons. The topological polar surface area (TPSA) is 118 Å². The largest absolute Gasteiger partial charge is 0.481 e. The SMILES string of the molecule is COc1cccc([C@H](O)[C@H](NC(=O)OCc2ccccc2)C(=O)O)n1. The average Bonchev–Trinajstić information content (AvgIpc) is 2.64. The number of aliphatic hydroxyl groups excluding tert-OH is 1. The van der Waals surface area contributed by atoms with Gasteiger partial charge in [0.15, 0.2) is 6.04 Å². The van der Waals surface area contributed by atoms with E-state index in [1.807, 2.05) is 6.07 Å². The number of amides is 1. The minimum absolute atomic E-state index is 0.0213. The minimum atomic E-state index is -1.62. The fourth-order valence-corrected chi connectivity index (χ4v) is 2.05. The van der Waals surface area contributed by atoms with Crippen molar-refractivity contribution >= 4 is 12.1 Å². The molecule has 25 heavy (non-hydrogen) atoms. The van der Waals surface area contributed by atoms with Crippen LogP contribution in [0.4, 0.5) is 4.79 Å². The summed E-state index contributed by atoms with van der Waals surface area (Å²) >= 11 is 0. The number of pyridine rings is 1. The molecule has 0 aliphatic carbocycles. The Balaban J connectivity index is 2.01. The number of carbonyl (C=O) groups excluding carboxylic acids is 1. The summed E-state index contributed by atoms with van der Waals surface area (Å²) in [5.41, 5.74) is 0.801. The van der Waals surface area contributed by atoms with Gasteiger partial charge in [0, 0.05) is 6.07 Å². The molecule has 1 aromatic carbocycles. The summed E-state index contributed by atoms with van der Waals surface area (Å²) in [5.74, 6) is -1.21. The Hall–Kier alpha value is -3.13. The van der Waals surface area contributed by atoms with E-state index in [1.165, 1.54) is 13.2 Å². The highest BCUT2D eigenvalue weighted by molar-refractivity contribution is 5.80. The van der Waals surface area contributed by atoms with Gasteiger partial charge in [-0.2, -0.15) is 0 Å². The van der Waals surface area contributed by atoms with Gasteiger partial charge in [-0.05, 0) is 11.6 Å². The van der Waals surface area contributed by atoms with Crippen molar-refractivity contribution in [3.63, 3.8) is 0 Å². The summed E-state index contributed by atoms with van der Waals surface area (Å²) < 4.78 is 9.90. The number of carboxylic acids is 1. The summed E-state index contributed by atoms with van der Waals surface area (Å²) in [7, 11) is 1.40. The molecule has 8 nitrogen and oxygen atoms in total. The second kappa shape index (κ2) is 8.65. The van der Waals surface area contributed by atoms with E-state index in [-0.39, 0.29) is 18.2 Å². The van der Waals surface area contributed by atoms with Crippen molar-refractivity contribution in [2.24, 2.45) is 0 Å². The number of nitrogens with zero attached hydrogens (tertiary/aromatic N) is 1. The third-order valence-corrected chi connectivity index (χ3v) is 3.33. The lowest BCUT2D eigenvalue weighted by molar-refractivity contribution is -0.142. The van der Waals surface area contributed by atoms with Crippen molar-refractivity contribution in [3.8, 4) is 5.88 Å². The number of hydrogen-bond acceptors (Lipinski definition) is 6. The zero-order valence-electron chi connectivity index (χ0n) is 13.5. The van der Waals surface area contributed by atoms with Crippen LogP contribution in [0.2, 0.25) is 0 Å². The minimum Gasteiger partial charge on any atom is -0.481 e. The van der Waals surface area contributed by atoms with Gasteiger partial charge >= 0.3 is 12.1 Å². The van der Waals surface area contributed by atoms with E-state index in [2.05, 4.69) is 10.3 Å². The van der Waals surface area contributed by atoms with Crippen LogP contribution in [-0.2, 0) is 16.1 Å². The molecule has 1 aromatic heterocycles. The monoisotopic (exact) mass is 346 g/mol. The Morgan fingerprint density at radius 1 is 1.16 bits per heavy atom. The van der Waals surface area contributed by atoms with Crippen LogP contribution in [0.1, 0.15) is 17.4 Å². The van der Waals surface area contributed by atoms with E-state index in [1.54, 1.807) is 36.4 Å². The van der Waals surface area contributed by atoms with Gasteiger partial charge in [-0.3, -0.25) is 0 Å². The number of aliphatic hydroxyl groups is 1. The zero-order chi connectivity index (χ0) is 18.2. The first-order valence-corrected chi connectivity index (χ1v) is 7.40. The number of methoxy groups -OCH3 is 1. The number of rotatable bonds is 7. The maximum absolute atomic E-state index is 11.8. The number of aromatic nitrogens is 1. The third kappa shape index (κ3) is 5.18. The Labute approximate surface area is 144 Å². The molecule has 8 heteroatoms. The van der Waals surface area contributed by atoms with Crippen LogP contribution < -0.4 is 10.1 Å². The predicted molar refractivity (Wildman–Crippen MR) is 86.9 cm³/mol. The second-order valence-corrected chi connectivity index (χ2v) is 5.07.